The van der Waals surface area contributed by atoms with Crippen LogP contribution in [0.5, 0.6) is 0 Å². The molecule has 0 radical (unpaired) electrons. The number of aryl methyl sites for hydroxylation is 2. The third-order valence-corrected chi connectivity index (χ3v) is 5.11. The van der Waals surface area contributed by atoms with Gasteiger partial charge in [0, 0.05) is 34.2 Å². The standard InChI is InChI=1S/C23H19ClN4O3/c1-14-9-19(24)7-8-22(14)26-23(29)18(13-25)11-17-10-15(2)27(16(17)3)20-5-4-6-21(12-20)28(30)31/h4-12H,1-3H3,(H,26,29)/b18-11+. The van der Waals surface area contributed by atoms with Gasteiger partial charge in [-0.1, -0.05) is 17.7 Å². The van der Waals surface area contributed by atoms with Gasteiger partial charge in [0.1, 0.15) is 11.6 Å². The summed E-state index contributed by atoms with van der Waals surface area (Å²) in [5.41, 5.74) is 4.13. The minimum absolute atomic E-state index is 0.0162. The maximum atomic E-state index is 12.7. The molecule has 31 heavy (non-hydrogen) atoms. The lowest BCUT2D eigenvalue weighted by Gasteiger charge is -2.10. The number of hydrogen-bond donors (Lipinski definition) is 1. The first-order valence-corrected chi connectivity index (χ1v) is 9.72. The molecule has 7 nitrogen and oxygen atoms in total. The zero-order chi connectivity index (χ0) is 22.7. The number of rotatable bonds is 5. The van der Waals surface area contributed by atoms with Crippen LogP contribution in [0.25, 0.3) is 11.8 Å². The van der Waals surface area contributed by atoms with E-state index in [0.717, 1.165) is 17.0 Å². The average molecular weight is 435 g/mol. The fraction of sp³-hybridized carbons (Fsp3) is 0.130. The number of nitrogens with zero attached hydrogens (tertiary/aromatic N) is 3. The second-order valence-corrected chi connectivity index (χ2v) is 7.46. The first-order valence-electron chi connectivity index (χ1n) is 9.34. The second kappa shape index (κ2) is 8.86. The minimum atomic E-state index is -0.534. The van der Waals surface area contributed by atoms with Crippen LogP contribution in [0.1, 0.15) is 22.5 Å². The van der Waals surface area contributed by atoms with Crippen LogP contribution in [-0.4, -0.2) is 15.4 Å². The van der Waals surface area contributed by atoms with Gasteiger partial charge in [-0.3, -0.25) is 14.9 Å². The predicted octanol–water partition coefficient (Wildman–Crippen LogP) is 5.51. The van der Waals surface area contributed by atoms with Gasteiger partial charge in [0.2, 0.25) is 0 Å². The van der Waals surface area contributed by atoms with E-state index in [1.807, 2.05) is 37.5 Å². The highest BCUT2D eigenvalue weighted by Gasteiger charge is 2.16. The zero-order valence-corrected chi connectivity index (χ0v) is 17.9. The van der Waals surface area contributed by atoms with E-state index in [-0.39, 0.29) is 11.3 Å². The van der Waals surface area contributed by atoms with Crippen LogP contribution in [-0.2, 0) is 4.79 Å². The third-order valence-electron chi connectivity index (χ3n) is 4.87. The summed E-state index contributed by atoms with van der Waals surface area (Å²) in [6, 6.07) is 15.1. The van der Waals surface area contributed by atoms with E-state index >= 15 is 0 Å². The van der Waals surface area contributed by atoms with E-state index in [4.69, 9.17) is 11.6 Å². The number of non-ortho nitro benzene ring substituents is 1. The van der Waals surface area contributed by atoms with Crippen LogP contribution in [0.2, 0.25) is 5.02 Å². The number of aromatic nitrogens is 1. The molecule has 0 fully saturated rings. The molecule has 0 aliphatic heterocycles. The van der Waals surface area contributed by atoms with Gasteiger partial charge >= 0.3 is 0 Å². The maximum absolute atomic E-state index is 12.7. The van der Waals surface area contributed by atoms with Crippen LogP contribution in [0.4, 0.5) is 11.4 Å². The molecule has 1 amide bonds. The monoisotopic (exact) mass is 434 g/mol. The molecule has 0 spiro atoms. The lowest BCUT2D eigenvalue weighted by atomic mass is 10.1. The highest BCUT2D eigenvalue weighted by molar-refractivity contribution is 6.30. The van der Waals surface area contributed by atoms with Crippen molar-refractivity contribution in [1.82, 2.24) is 4.57 Å². The first-order chi connectivity index (χ1) is 14.7. The number of anilines is 1. The number of nitriles is 1. The third kappa shape index (κ3) is 4.65. The number of nitro benzene ring substituents is 1. The van der Waals surface area contributed by atoms with Gasteiger partial charge in [0.05, 0.1) is 10.6 Å². The predicted molar refractivity (Wildman–Crippen MR) is 120 cm³/mol. The van der Waals surface area contributed by atoms with Gasteiger partial charge in [0.15, 0.2) is 0 Å². The summed E-state index contributed by atoms with van der Waals surface area (Å²) in [4.78, 5) is 23.3. The molecule has 2 aromatic carbocycles. The molecule has 8 heteroatoms. The summed E-state index contributed by atoms with van der Waals surface area (Å²) in [6.07, 6.45) is 1.51. The highest BCUT2D eigenvalue weighted by Crippen LogP contribution is 2.26. The van der Waals surface area contributed by atoms with E-state index < -0.39 is 10.8 Å². The molecule has 1 N–H and O–H groups in total. The van der Waals surface area contributed by atoms with Crippen molar-refractivity contribution in [3.63, 3.8) is 0 Å². The Balaban J connectivity index is 1.96. The minimum Gasteiger partial charge on any atom is -0.321 e. The van der Waals surface area contributed by atoms with Gasteiger partial charge < -0.3 is 9.88 Å². The first kappa shape index (κ1) is 21.8. The molecule has 0 saturated heterocycles. The summed E-state index contributed by atoms with van der Waals surface area (Å²) in [7, 11) is 0. The van der Waals surface area contributed by atoms with E-state index in [0.29, 0.717) is 22.0 Å². The van der Waals surface area contributed by atoms with E-state index in [9.17, 15) is 20.2 Å². The van der Waals surface area contributed by atoms with Crippen LogP contribution in [0, 0.1) is 42.2 Å². The number of benzene rings is 2. The highest BCUT2D eigenvalue weighted by atomic mass is 35.5. The van der Waals surface area contributed by atoms with Crippen molar-refractivity contribution in [2.24, 2.45) is 0 Å². The Bertz CT molecular complexity index is 1270. The van der Waals surface area contributed by atoms with Crippen LogP contribution in [0.15, 0.2) is 54.1 Å². The quantitative estimate of drug-likeness (QED) is 0.247. The SMILES string of the molecule is Cc1cc(Cl)ccc1NC(=O)/C(C#N)=C/c1cc(C)n(-c2cccc([N+](=O)[O-])c2)c1C. The molecule has 0 saturated carbocycles. The Kier molecular flexibility index (Phi) is 6.23. The molecule has 3 rings (SSSR count). The van der Waals surface area contributed by atoms with Crippen molar-refractivity contribution in [2.45, 2.75) is 20.8 Å². The molecule has 1 heterocycles. The van der Waals surface area contributed by atoms with Crippen molar-refractivity contribution in [2.75, 3.05) is 5.32 Å². The average Bonchev–Trinajstić information content (AvgIpc) is 3.01. The second-order valence-electron chi connectivity index (χ2n) is 7.02. The molecule has 0 aliphatic rings. The van der Waals surface area contributed by atoms with Crippen molar-refractivity contribution in [3.05, 3.63) is 91.8 Å². The molecular weight excluding hydrogens is 416 g/mol. The van der Waals surface area contributed by atoms with Crippen molar-refractivity contribution in [1.29, 1.82) is 5.26 Å². The molecule has 1 aromatic heterocycles. The van der Waals surface area contributed by atoms with E-state index in [1.54, 1.807) is 30.3 Å². The summed E-state index contributed by atoms with van der Waals surface area (Å²) in [6.45, 7) is 5.49. The van der Waals surface area contributed by atoms with E-state index in [2.05, 4.69) is 5.32 Å². The van der Waals surface area contributed by atoms with Crippen molar-refractivity contribution in [3.8, 4) is 11.8 Å². The molecule has 0 unspecified atom stereocenters. The lowest BCUT2D eigenvalue weighted by Crippen LogP contribution is -2.14. The molecule has 156 valence electrons. The molecule has 0 atom stereocenters. The number of nitrogens with one attached hydrogen (secondary N) is 1. The van der Waals surface area contributed by atoms with Crippen LogP contribution >= 0.6 is 11.6 Å². The summed E-state index contributed by atoms with van der Waals surface area (Å²) < 4.78 is 1.84. The zero-order valence-electron chi connectivity index (χ0n) is 17.1. The Labute approximate surface area is 184 Å². The van der Waals surface area contributed by atoms with Gasteiger partial charge in [-0.15, -0.1) is 0 Å². The lowest BCUT2D eigenvalue weighted by molar-refractivity contribution is -0.384. The fourth-order valence-electron chi connectivity index (χ4n) is 3.34. The summed E-state index contributed by atoms with van der Waals surface area (Å²) in [5.74, 6) is -0.534. The summed E-state index contributed by atoms with van der Waals surface area (Å²) in [5, 5.41) is 23.9. The number of carbonyl (C=O) groups excluding carboxylic acids is 1. The molecule has 3 aromatic rings. The topological polar surface area (TPSA) is 101 Å². The fourth-order valence-corrected chi connectivity index (χ4v) is 3.56. The number of amides is 1. The van der Waals surface area contributed by atoms with Gasteiger partial charge in [-0.05, 0) is 68.3 Å². The number of halogens is 1. The smallest absolute Gasteiger partial charge is 0.271 e. The molecule has 0 aliphatic carbocycles. The molecular formula is C23H19ClN4O3. The van der Waals surface area contributed by atoms with Crippen LogP contribution < -0.4 is 5.32 Å². The number of hydrogen-bond acceptors (Lipinski definition) is 4. The Hall–Kier alpha value is -3.89. The number of nitro groups is 1. The maximum Gasteiger partial charge on any atom is 0.271 e. The van der Waals surface area contributed by atoms with Crippen molar-refractivity contribution >= 4 is 35.0 Å². The van der Waals surface area contributed by atoms with Gasteiger partial charge in [0.25, 0.3) is 11.6 Å². The van der Waals surface area contributed by atoms with Gasteiger partial charge in [-0.25, -0.2) is 0 Å². The largest absolute Gasteiger partial charge is 0.321 e. The van der Waals surface area contributed by atoms with Gasteiger partial charge in [-0.2, -0.15) is 5.26 Å². The normalized spacial score (nSPS) is 11.1. The van der Waals surface area contributed by atoms with Crippen LogP contribution in [0.3, 0.4) is 0 Å². The molecule has 0 bridgehead atoms. The van der Waals surface area contributed by atoms with E-state index in [1.165, 1.54) is 18.2 Å². The summed E-state index contributed by atoms with van der Waals surface area (Å²) >= 11 is 5.95. The Morgan fingerprint density at radius 2 is 1.94 bits per heavy atom. The number of carbonyl (C=O) groups is 1. The Morgan fingerprint density at radius 3 is 2.58 bits per heavy atom. The van der Waals surface area contributed by atoms with Crippen molar-refractivity contribution < 1.29 is 9.72 Å². The Morgan fingerprint density at radius 1 is 1.19 bits per heavy atom.